The van der Waals surface area contributed by atoms with Gasteiger partial charge in [-0.05, 0) is 49.2 Å². The summed E-state index contributed by atoms with van der Waals surface area (Å²) in [5.74, 6) is -1.22. The fourth-order valence-corrected chi connectivity index (χ4v) is 3.65. The Bertz CT molecular complexity index is 966. The number of benzene rings is 2. The highest BCUT2D eigenvalue weighted by Crippen LogP contribution is 2.20. The fraction of sp³-hybridized carbons (Fsp3) is 0.414. The maximum atomic E-state index is 12.3. The molecule has 0 heterocycles. The van der Waals surface area contributed by atoms with Gasteiger partial charge in [0.2, 0.25) is 0 Å². The molecule has 0 radical (unpaired) electrons. The van der Waals surface area contributed by atoms with Crippen molar-refractivity contribution in [3.8, 4) is 11.5 Å². The van der Waals surface area contributed by atoms with Crippen LogP contribution in [0.5, 0.6) is 11.5 Å². The molecule has 194 valence electrons. The molecule has 0 aliphatic carbocycles. The third kappa shape index (κ3) is 11.2. The molecule has 0 aliphatic rings. The zero-order valence-electron chi connectivity index (χ0n) is 20.8. The van der Waals surface area contributed by atoms with Crippen molar-refractivity contribution in [3.05, 3.63) is 72.3 Å². The average Bonchev–Trinajstić information content (AvgIpc) is 2.89. The second-order valence-electron chi connectivity index (χ2n) is 8.47. The Labute approximate surface area is 213 Å². The van der Waals surface area contributed by atoms with Crippen LogP contribution in [0.25, 0.3) is 0 Å². The zero-order valence-corrected chi connectivity index (χ0v) is 20.8. The molecular formula is C29H36O7. The van der Waals surface area contributed by atoms with Crippen molar-refractivity contribution in [2.75, 3.05) is 13.2 Å². The van der Waals surface area contributed by atoms with Crippen molar-refractivity contribution >= 4 is 17.9 Å². The molecule has 0 aliphatic heterocycles. The first-order chi connectivity index (χ1) is 17.5. The Morgan fingerprint density at radius 2 is 1.19 bits per heavy atom. The van der Waals surface area contributed by atoms with Gasteiger partial charge < -0.3 is 19.3 Å². The molecule has 0 atom stereocenters. The molecule has 2 aromatic rings. The van der Waals surface area contributed by atoms with Crippen LogP contribution in [0.3, 0.4) is 0 Å². The lowest BCUT2D eigenvalue weighted by Crippen LogP contribution is -2.13. The van der Waals surface area contributed by atoms with E-state index >= 15 is 0 Å². The lowest BCUT2D eigenvalue weighted by Gasteiger charge is -2.09. The van der Waals surface area contributed by atoms with Gasteiger partial charge in [-0.3, -0.25) is 0 Å². The molecule has 0 aromatic heterocycles. The molecule has 2 rings (SSSR count). The molecule has 0 saturated heterocycles. The number of esters is 2. The standard InChI is InChI=1S/C29H36O7/c1-2-27(30)35-22-14-10-8-6-4-3-5-7-9-13-21-34-23-17-19-24(20-18-23)36-29(33)26-16-12-11-15-25(26)28(31)32/h2,11-12,15-20H,1,3-10,13-14,21-22H2,(H,31,32). The number of ether oxygens (including phenoxy) is 3. The minimum atomic E-state index is -1.18. The number of carboxylic acids is 1. The second kappa shape index (κ2) is 16.9. The average molecular weight is 497 g/mol. The summed E-state index contributed by atoms with van der Waals surface area (Å²) in [4.78, 5) is 34.5. The van der Waals surface area contributed by atoms with Gasteiger partial charge in [0.1, 0.15) is 11.5 Å². The largest absolute Gasteiger partial charge is 0.494 e. The number of unbranched alkanes of at least 4 members (excludes halogenated alkanes) is 9. The lowest BCUT2D eigenvalue weighted by molar-refractivity contribution is -0.137. The molecule has 1 N–H and O–H groups in total. The van der Waals surface area contributed by atoms with Gasteiger partial charge in [-0.1, -0.05) is 70.1 Å². The van der Waals surface area contributed by atoms with Crippen LogP contribution in [0.4, 0.5) is 0 Å². The normalized spacial score (nSPS) is 10.4. The predicted molar refractivity (Wildman–Crippen MR) is 138 cm³/mol. The number of hydrogen-bond acceptors (Lipinski definition) is 6. The maximum absolute atomic E-state index is 12.3. The number of aromatic carboxylic acids is 1. The highest BCUT2D eigenvalue weighted by atomic mass is 16.5. The van der Waals surface area contributed by atoms with Crippen LogP contribution in [0.2, 0.25) is 0 Å². The van der Waals surface area contributed by atoms with E-state index in [2.05, 4.69) is 6.58 Å². The van der Waals surface area contributed by atoms with E-state index in [1.807, 2.05) is 0 Å². The van der Waals surface area contributed by atoms with Crippen LogP contribution in [0, 0.1) is 0 Å². The summed E-state index contributed by atoms with van der Waals surface area (Å²) in [6, 6.07) is 12.7. The molecular weight excluding hydrogens is 460 g/mol. The van der Waals surface area contributed by atoms with Gasteiger partial charge in [0.25, 0.3) is 0 Å². The first kappa shape index (κ1) is 28.6. The van der Waals surface area contributed by atoms with Gasteiger partial charge in [0, 0.05) is 6.08 Å². The van der Waals surface area contributed by atoms with Gasteiger partial charge in [-0.15, -0.1) is 0 Å². The Balaban J connectivity index is 1.50. The van der Waals surface area contributed by atoms with Crippen LogP contribution in [-0.4, -0.2) is 36.2 Å². The SMILES string of the molecule is C=CC(=O)OCCCCCCCCCCCCOc1ccc(OC(=O)c2ccccc2C(=O)O)cc1. The zero-order chi connectivity index (χ0) is 26.0. The number of carboxylic acid groups (broad SMARTS) is 1. The van der Waals surface area contributed by atoms with Crippen LogP contribution >= 0.6 is 0 Å². The van der Waals surface area contributed by atoms with Gasteiger partial charge in [-0.2, -0.15) is 0 Å². The summed E-state index contributed by atoms with van der Waals surface area (Å²) in [5, 5.41) is 9.22. The van der Waals surface area contributed by atoms with Gasteiger partial charge in [0.05, 0.1) is 24.3 Å². The summed E-state index contributed by atoms with van der Waals surface area (Å²) in [7, 11) is 0. The van der Waals surface area contributed by atoms with E-state index in [0.717, 1.165) is 25.7 Å². The quantitative estimate of drug-likeness (QED) is 0.107. The van der Waals surface area contributed by atoms with Crippen molar-refractivity contribution in [2.24, 2.45) is 0 Å². The van der Waals surface area contributed by atoms with Crippen LogP contribution in [0.1, 0.15) is 84.9 Å². The molecule has 0 unspecified atom stereocenters. The summed E-state index contributed by atoms with van der Waals surface area (Å²) in [6.45, 7) is 4.48. The van der Waals surface area contributed by atoms with E-state index in [4.69, 9.17) is 14.2 Å². The van der Waals surface area contributed by atoms with Gasteiger partial charge in [-0.25, -0.2) is 14.4 Å². The maximum Gasteiger partial charge on any atom is 0.344 e. The molecule has 7 heteroatoms. The van der Waals surface area contributed by atoms with Gasteiger partial charge in [0.15, 0.2) is 0 Å². The van der Waals surface area contributed by atoms with E-state index in [-0.39, 0.29) is 17.1 Å². The Morgan fingerprint density at radius 3 is 1.75 bits per heavy atom. The number of carbonyl (C=O) groups is 3. The minimum Gasteiger partial charge on any atom is -0.494 e. The van der Waals surface area contributed by atoms with E-state index < -0.39 is 11.9 Å². The third-order valence-corrected chi connectivity index (χ3v) is 5.63. The topological polar surface area (TPSA) is 99.1 Å². The molecule has 7 nitrogen and oxygen atoms in total. The summed E-state index contributed by atoms with van der Waals surface area (Å²) in [6.07, 6.45) is 12.6. The van der Waals surface area contributed by atoms with Crippen molar-refractivity contribution in [1.82, 2.24) is 0 Å². The predicted octanol–water partition coefficient (Wildman–Crippen LogP) is 6.61. The Kier molecular flexibility index (Phi) is 13.5. The van der Waals surface area contributed by atoms with Crippen LogP contribution in [0.15, 0.2) is 61.2 Å². The first-order valence-electron chi connectivity index (χ1n) is 12.6. The van der Waals surface area contributed by atoms with Gasteiger partial charge >= 0.3 is 17.9 Å². The second-order valence-corrected chi connectivity index (χ2v) is 8.47. The smallest absolute Gasteiger partial charge is 0.344 e. The van der Waals surface area contributed by atoms with Crippen molar-refractivity contribution in [1.29, 1.82) is 0 Å². The number of hydrogen-bond donors (Lipinski definition) is 1. The van der Waals surface area contributed by atoms with E-state index in [0.29, 0.717) is 24.7 Å². The van der Waals surface area contributed by atoms with Crippen LogP contribution in [-0.2, 0) is 9.53 Å². The van der Waals surface area contributed by atoms with E-state index in [1.165, 1.54) is 56.7 Å². The van der Waals surface area contributed by atoms with E-state index in [1.54, 1.807) is 36.4 Å². The molecule has 0 saturated carbocycles. The summed E-state index contributed by atoms with van der Waals surface area (Å²) >= 11 is 0. The molecule has 36 heavy (non-hydrogen) atoms. The minimum absolute atomic E-state index is 0.00840. The summed E-state index contributed by atoms with van der Waals surface area (Å²) in [5.41, 5.74) is -0.0859. The van der Waals surface area contributed by atoms with Crippen LogP contribution < -0.4 is 9.47 Å². The van der Waals surface area contributed by atoms with Crippen molar-refractivity contribution in [2.45, 2.75) is 64.2 Å². The lowest BCUT2D eigenvalue weighted by atomic mass is 10.1. The molecule has 0 spiro atoms. The van der Waals surface area contributed by atoms with E-state index in [9.17, 15) is 19.5 Å². The highest BCUT2D eigenvalue weighted by molar-refractivity contribution is 6.03. The highest BCUT2D eigenvalue weighted by Gasteiger charge is 2.17. The molecule has 0 amide bonds. The van der Waals surface area contributed by atoms with Crippen molar-refractivity contribution in [3.63, 3.8) is 0 Å². The molecule has 0 fully saturated rings. The Hall–Kier alpha value is -3.61. The van der Waals surface area contributed by atoms with Crippen molar-refractivity contribution < 1.29 is 33.7 Å². The number of carbonyl (C=O) groups excluding carboxylic acids is 2. The first-order valence-corrected chi connectivity index (χ1v) is 12.6. The monoisotopic (exact) mass is 496 g/mol. The molecule has 0 bridgehead atoms. The summed E-state index contributed by atoms with van der Waals surface area (Å²) < 4.78 is 16.0. The Morgan fingerprint density at radius 1 is 0.694 bits per heavy atom. The number of rotatable bonds is 18. The molecule has 2 aromatic carbocycles. The third-order valence-electron chi connectivity index (χ3n) is 5.63. The fourth-order valence-electron chi connectivity index (χ4n) is 3.65.